The molecule has 0 aliphatic carbocycles. The summed E-state index contributed by atoms with van der Waals surface area (Å²) in [5.41, 5.74) is -0.271. The monoisotopic (exact) mass is 298 g/mol. The molecule has 0 amide bonds. The van der Waals surface area contributed by atoms with Crippen LogP contribution in [0.1, 0.15) is 11.1 Å². The Kier molecular flexibility index (Phi) is 3.97. The number of hydrogen-bond acceptors (Lipinski definition) is 1. The second kappa shape index (κ2) is 5.55. The Labute approximate surface area is 117 Å². The molecule has 110 valence electrons. The summed E-state index contributed by atoms with van der Waals surface area (Å²) in [6, 6.07) is 7.94. The fraction of sp³-hybridized carbons (Fsp3) is 0.133. The van der Waals surface area contributed by atoms with E-state index >= 15 is 0 Å². The van der Waals surface area contributed by atoms with Gasteiger partial charge < -0.3 is 5.11 Å². The number of benzene rings is 2. The highest BCUT2D eigenvalue weighted by atomic mass is 19.4. The van der Waals surface area contributed by atoms with Crippen molar-refractivity contribution in [3.63, 3.8) is 0 Å². The first kappa shape index (κ1) is 15.0. The fourth-order valence-corrected chi connectivity index (χ4v) is 1.97. The molecule has 0 heterocycles. The first-order chi connectivity index (χ1) is 9.75. The lowest BCUT2D eigenvalue weighted by Crippen LogP contribution is -2.04. The van der Waals surface area contributed by atoms with E-state index in [1.54, 1.807) is 0 Å². The number of alkyl halides is 3. The Morgan fingerprint density at radius 2 is 1.76 bits per heavy atom. The van der Waals surface area contributed by atoms with Gasteiger partial charge in [-0.2, -0.15) is 13.2 Å². The summed E-state index contributed by atoms with van der Waals surface area (Å²) in [7, 11) is 0. The molecule has 0 unspecified atom stereocenters. The summed E-state index contributed by atoms with van der Waals surface area (Å²) in [5, 5.41) is 8.70. The smallest absolute Gasteiger partial charge is 0.416 e. The molecule has 0 atom stereocenters. The molecule has 2 aromatic carbocycles. The molecule has 2 rings (SSSR count). The molecular weight excluding hydrogens is 288 g/mol. The minimum atomic E-state index is -4.49. The maximum absolute atomic E-state index is 13.5. The number of hydrogen-bond donors (Lipinski definition) is 1. The largest absolute Gasteiger partial charge is 0.481 e. The van der Waals surface area contributed by atoms with Gasteiger partial charge in [0, 0.05) is 0 Å². The lowest BCUT2D eigenvalue weighted by Gasteiger charge is -2.10. The van der Waals surface area contributed by atoms with E-state index in [9.17, 15) is 22.4 Å². The second-order valence-electron chi connectivity index (χ2n) is 4.50. The molecule has 1 N–H and O–H groups in total. The van der Waals surface area contributed by atoms with Crippen LogP contribution >= 0.6 is 0 Å². The predicted octanol–water partition coefficient (Wildman–Crippen LogP) is 4.14. The van der Waals surface area contributed by atoms with Crippen molar-refractivity contribution >= 4 is 5.97 Å². The second-order valence-corrected chi connectivity index (χ2v) is 4.50. The van der Waals surface area contributed by atoms with Crippen LogP contribution in [0.15, 0.2) is 42.5 Å². The third kappa shape index (κ3) is 3.81. The lowest BCUT2D eigenvalue weighted by atomic mass is 9.99. The van der Waals surface area contributed by atoms with E-state index in [0.29, 0.717) is 0 Å². The normalized spacial score (nSPS) is 11.4. The molecule has 0 fully saturated rings. The van der Waals surface area contributed by atoms with Crippen molar-refractivity contribution in [3.05, 3.63) is 59.4 Å². The third-order valence-corrected chi connectivity index (χ3v) is 2.84. The summed E-state index contributed by atoms with van der Waals surface area (Å²) in [6.07, 6.45) is -4.89. The number of carbonyl (C=O) groups is 1. The van der Waals surface area contributed by atoms with Crippen LogP contribution in [0.25, 0.3) is 11.1 Å². The Balaban J connectivity index is 2.46. The zero-order valence-corrected chi connectivity index (χ0v) is 10.6. The minimum Gasteiger partial charge on any atom is -0.481 e. The minimum absolute atomic E-state index is 0.177. The molecule has 0 radical (unpaired) electrons. The fourth-order valence-electron chi connectivity index (χ4n) is 1.97. The molecule has 0 saturated carbocycles. The van der Waals surface area contributed by atoms with Gasteiger partial charge in [0.25, 0.3) is 0 Å². The van der Waals surface area contributed by atoms with Crippen LogP contribution in [0.2, 0.25) is 0 Å². The Hall–Kier alpha value is -2.37. The maximum Gasteiger partial charge on any atom is 0.416 e. The third-order valence-electron chi connectivity index (χ3n) is 2.84. The van der Waals surface area contributed by atoms with Crippen LogP contribution in [0.4, 0.5) is 17.6 Å². The van der Waals surface area contributed by atoms with E-state index in [-0.39, 0.29) is 16.7 Å². The van der Waals surface area contributed by atoms with Crippen molar-refractivity contribution in [1.82, 2.24) is 0 Å². The SMILES string of the molecule is O=C(O)Cc1cc(F)cc(-c2cccc(C(F)(F)F)c2)c1. The van der Waals surface area contributed by atoms with E-state index in [1.165, 1.54) is 18.2 Å². The molecule has 2 nitrogen and oxygen atoms in total. The molecular formula is C15H10F4O2. The van der Waals surface area contributed by atoms with E-state index in [0.717, 1.165) is 24.3 Å². The van der Waals surface area contributed by atoms with Gasteiger partial charge in [-0.05, 0) is 41.0 Å². The Morgan fingerprint density at radius 3 is 2.38 bits per heavy atom. The van der Waals surface area contributed by atoms with Gasteiger partial charge in [0.05, 0.1) is 12.0 Å². The van der Waals surface area contributed by atoms with Gasteiger partial charge in [-0.3, -0.25) is 4.79 Å². The van der Waals surface area contributed by atoms with Crippen LogP contribution in [-0.4, -0.2) is 11.1 Å². The molecule has 0 aromatic heterocycles. The number of carboxylic acids is 1. The topological polar surface area (TPSA) is 37.3 Å². The average molecular weight is 298 g/mol. The standard InChI is InChI=1S/C15H10F4O2/c16-13-5-9(6-14(20)21)4-11(8-13)10-2-1-3-12(7-10)15(17,18)19/h1-5,7-8H,6H2,(H,20,21). The Morgan fingerprint density at radius 1 is 1.05 bits per heavy atom. The van der Waals surface area contributed by atoms with E-state index < -0.39 is 29.9 Å². The van der Waals surface area contributed by atoms with Gasteiger partial charge in [0.15, 0.2) is 0 Å². The quantitative estimate of drug-likeness (QED) is 0.865. The van der Waals surface area contributed by atoms with Gasteiger partial charge >= 0.3 is 12.1 Å². The highest BCUT2D eigenvalue weighted by Gasteiger charge is 2.30. The van der Waals surface area contributed by atoms with Crippen LogP contribution in [0.5, 0.6) is 0 Å². The number of carboxylic acid groups (broad SMARTS) is 1. The van der Waals surface area contributed by atoms with Crippen molar-refractivity contribution < 1.29 is 27.5 Å². The molecule has 0 aliphatic rings. The predicted molar refractivity (Wildman–Crippen MR) is 68.2 cm³/mol. The molecule has 6 heteroatoms. The lowest BCUT2D eigenvalue weighted by molar-refractivity contribution is -0.138. The summed E-state index contributed by atoms with van der Waals surface area (Å²) in [5.74, 6) is -1.84. The summed E-state index contributed by atoms with van der Waals surface area (Å²) < 4.78 is 51.5. The van der Waals surface area contributed by atoms with Crippen molar-refractivity contribution in [1.29, 1.82) is 0 Å². The zero-order chi connectivity index (χ0) is 15.6. The molecule has 0 saturated heterocycles. The van der Waals surface area contributed by atoms with Crippen LogP contribution < -0.4 is 0 Å². The molecule has 0 bridgehead atoms. The highest BCUT2D eigenvalue weighted by Crippen LogP contribution is 2.32. The number of aliphatic carboxylic acids is 1. The summed E-state index contributed by atoms with van der Waals surface area (Å²) >= 11 is 0. The van der Waals surface area contributed by atoms with Crippen molar-refractivity contribution in [2.24, 2.45) is 0 Å². The van der Waals surface area contributed by atoms with Crippen molar-refractivity contribution in [3.8, 4) is 11.1 Å². The van der Waals surface area contributed by atoms with Gasteiger partial charge in [0.1, 0.15) is 5.82 Å². The van der Waals surface area contributed by atoms with E-state index in [2.05, 4.69) is 0 Å². The average Bonchev–Trinajstić information content (AvgIpc) is 2.36. The molecule has 2 aromatic rings. The van der Waals surface area contributed by atoms with Gasteiger partial charge in [-0.1, -0.05) is 18.2 Å². The molecule has 0 aliphatic heterocycles. The van der Waals surface area contributed by atoms with Crippen LogP contribution in [-0.2, 0) is 17.4 Å². The first-order valence-corrected chi connectivity index (χ1v) is 5.94. The van der Waals surface area contributed by atoms with Gasteiger partial charge in [0.2, 0.25) is 0 Å². The Bertz CT molecular complexity index is 678. The summed E-state index contributed by atoms with van der Waals surface area (Å²) in [4.78, 5) is 10.6. The zero-order valence-electron chi connectivity index (χ0n) is 10.6. The van der Waals surface area contributed by atoms with Crippen molar-refractivity contribution in [2.75, 3.05) is 0 Å². The number of halogens is 4. The van der Waals surface area contributed by atoms with E-state index in [1.807, 2.05) is 0 Å². The summed E-state index contributed by atoms with van der Waals surface area (Å²) in [6.45, 7) is 0. The molecule has 0 spiro atoms. The first-order valence-electron chi connectivity index (χ1n) is 5.94. The molecule has 21 heavy (non-hydrogen) atoms. The van der Waals surface area contributed by atoms with Crippen molar-refractivity contribution in [2.45, 2.75) is 12.6 Å². The van der Waals surface area contributed by atoms with E-state index in [4.69, 9.17) is 5.11 Å². The maximum atomic E-state index is 13.5. The van der Waals surface area contributed by atoms with Crippen LogP contribution in [0.3, 0.4) is 0 Å². The van der Waals surface area contributed by atoms with Gasteiger partial charge in [-0.15, -0.1) is 0 Å². The van der Waals surface area contributed by atoms with Crippen LogP contribution in [0, 0.1) is 5.82 Å². The number of rotatable bonds is 3. The van der Waals surface area contributed by atoms with Gasteiger partial charge in [-0.25, -0.2) is 4.39 Å². The highest BCUT2D eigenvalue weighted by molar-refractivity contribution is 5.72.